The van der Waals surface area contributed by atoms with E-state index in [0.717, 1.165) is 40.7 Å². The number of amides is 2. The van der Waals surface area contributed by atoms with Gasteiger partial charge in [-0.1, -0.05) is 36.3 Å². The van der Waals surface area contributed by atoms with Crippen molar-refractivity contribution in [2.75, 3.05) is 18.4 Å². The van der Waals surface area contributed by atoms with Crippen molar-refractivity contribution < 1.29 is 9.59 Å². The smallest absolute Gasteiger partial charge is 0.298 e. The molecule has 29 heavy (non-hydrogen) atoms. The Kier molecular flexibility index (Phi) is 5.35. The number of rotatable bonds is 3. The Morgan fingerprint density at radius 2 is 2.00 bits per heavy atom. The van der Waals surface area contributed by atoms with Gasteiger partial charge in [0.05, 0.1) is 5.92 Å². The zero-order chi connectivity index (χ0) is 20.2. The second-order valence-corrected chi connectivity index (χ2v) is 7.31. The number of hydrogen-bond acceptors (Lipinski definition) is 2. The third-order valence-corrected chi connectivity index (χ3v) is 5.28. The number of nitrogens with zero attached hydrogens (tertiary/aromatic N) is 1. The molecule has 1 atom stereocenters. The maximum atomic E-state index is 12.8. The number of anilines is 1. The number of piperidine rings is 1. The summed E-state index contributed by atoms with van der Waals surface area (Å²) in [5.41, 5.74) is 3.86. The molecule has 1 aromatic heterocycles. The fourth-order valence-electron chi connectivity index (χ4n) is 3.80. The quantitative estimate of drug-likeness (QED) is 0.669. The molecular weight excluding hydrogens is 362 g/mol. The number of hydrogen-bond donors (Lipinski definition) is 2. The summed E-state index contributed by atoms with van der Waals surface area (Å²) in [4.78, 5) is 29.9. The van der Waals surface area contributed by atoms with E-state index in [1.165, 1.54) is 0 Å². The first kappa shape index (κ1) is 18.8. The minimum Gasteiger partial charge on any atom is -0.355 e. The minimum atomic E-state index is -0.219. The van der Waals surface area contributed by atoms with Crippen LogP contribution in [0.5, 0.6) is 0 Å². The van der Waals surface area contributed by atoms with Gasteiger partial charge in [-0.3, -0.25) is 9.59 Å². The highest BCUT2D eigenvalue weighted by Crippen LogP contribution is 2.26. The number of carbonyl (C=O) groups is 2. The number of aromatic amines is 1. The molecular formula is C24H23N3O2. The van der Waals surface area contributed by atoms with Crippen LogP contribution in [0.3, 0.4) is 0 Å². The van der Waals surface area contributed by atoms with E-state index in [9.17, 15) is 9.59 Å². The Balaban J connectivity index is 1.48. The third kappa shape index (κ3) is 4.17. The van der Waals surface area contributed by atoms with Gasteiger partial charge in [0.15, 0.2) is 0 Å². The molecule has 0 spiro atoms. The summed E-state index contributed by atoms with van der Waals surface area (Å²) in [5.74, 6) is 4.72. The Hall–Kier alpha value is -3.52. The van der Waals surface area contributed by atoms with E-state index in [1.54, 1.807) is 11.8 Å². The van der Waals surface area contributed by atoms with Crippen molar-refractivity contribution in [1.82, 2.24) is 9.88 Å². The fourth-order valence-corrected chi connectivity index (χ4v) is 3.80. The van der Waals surface area contributed by atoms with Gasteiger partial charge in [0.2, 0.25) is 5.91 Å². The van der Waals surface area contributed by atoms with E-state index >= 15 is 0 Å². The second-order valence-electron chi connectivity index (χ2n) is 7.31. The van der Waals surface area contributed by atoms with Gasteiger partial charge in [-0.15, -0.1) is 0 Å². The van der Waals surface area contributed by atoms with Gasteiger partial charge in [0.25, 0.3) is 5.91 Å². The van der Waals surface area contributed by atoms with Gasteiger partial charge in [-0.2, -0.15) is 0 Å². The summed E-state index contributed by atoms with van der Waals surface area (Å²) in [6.45, 7) is 2.72. The van der Waals surface area contributed by atoms with Crippen LogP contribution in [-0.4, -0.2) is 34.8 Å². The summed E-state index contributed by atoms with van der Waals surface area (Å²) in [6, 6.07) is 18.0. The first-order chi connectivity index (χ1) is 14.1. The highest BCUT2D eigenvalue weighted by atomic mass is 16.2. The molecule has 1 aliphatic rings. The van der Waals surface area contributed by atoms with Gasteiger partial charge in [0.1, 0.15) is 0 Å². The molecule has 0 aliphatic carbocycles. The molecule has 2 N–H and O–H groups in total. The molecule has 1 saturated heterocycles. The van der Waals surface area contributed by atoms with Crippen molar-refractivity contribution in [1.29, 1.82) is 0 Å². The molecule has 2 aromatic carbocycles. The summed E-state index contributed by atoms with van der Waals surface area (Å²) in [7, 11) is 0. The monoisotopic (exact) mass is 385 g/mol. The van der Waals surface area contributed by atoms with Gasteiger partial charge in [-0.25, -0.2) is 0 Å². The maximum Gasteiger partial charge on any atom is 0.298 e. The van der Waals surface area contributed by atoms with Gasteiger partial charge in [0, 0.05) is 40.9 Å². The number of H-pyrrole nitrogens is 1. The van der Waals surface area contributed by atoms with Gasteiger partial charge in [-0.05, 0) is 50.0 Å². The molecule has 2 heterocycles. The molecule has 5 nitrogen and oxygen atoms in total. The van der Waals surface area contributed by atoms with E-state index in [4.69, 9.17) is 0 Å². The number of fused-ring (bicyclic) bond motifs is 1. The molecule has 1 fully saturated rings. The fraction of sp³-hybridized carbons (Fsp3) is 0.250. The Labute approximate surface area is 170 Å². The largest absolute Gasteiger partial charge is 0.355 e. The first-order valence-electron chi connectivity index (χ1n) is 9.85. The van der Waals surface area contributed by atoms with Crippen LogP contribution in [0, 0.1) is 17.8 Å². The van der Waals surface area contributed by atoms with E-state index in [2.05, 4.69) is 34.3 Å². The van der Waals surface area contributed by atoms with E-state index in [-0.39, 0.29) is 17.7 Å². The van der Waals surface area contributed by atoms with Gasteiger partial charge < -0.3 is 15.2 Å². The van der Waals surface area contributed by atoms with Crippen LogP contribution in [0.25, 0.3) is 22.2 Å². The highest BCUT2D eigenvalue weighted by Gasteiger charge is 2.27. The minimum absolute atomic E-state index is 0.0549. The highest BCUT2D eigenvalue weighted by molar-refractivity contribution is 5.96. The summed E-state index contributed by atoms with van der Waals surface area (Å²) >= 11 is 0. The lowest BCUT2D eigenvalue weighted by atomic mass is 9.97. The zero-order valence-electron chi connectivity index (χ0n) is 16.4. The molecule has 2 amide bonds. The summed E-state index contributed by atoms with van der Waals surface area (Å²) < 4.78 is 0. The number of likely N-dealkylation sites (tertiary alicyclic amines) is 1. The summed E-state index contributed by atoms with van der Waals surface area (Å²) in [6.07, 6.45) is 1.58. The van der Waals surface area contributed by atoms with E-state index in [1.807, 2.05) is 42.5 Å². The van der Waals surface area contributed by atoms with Gasteiger partial charge >= 0.3 is 0 Å². The molecule has 0 saturated carbocycles. The molecule has 3 aromatic rings. The van der Waals surface area contributed by atoms with Crippen molar-refractivity contribution in [2.45, 2.75) is 19.8 Å². The Bertz CT molecular complexity index is 1090. The number of para-hydroxylation sites is 1. The molecule has 146 valence electrons. The Morgan fingerprint density at radius 1 is 1.14 bits per heavy atom. The van der Waals surface area contributed by atoms with Crippen LogP contribution in [0.1, 0.15) is 19.8 Å². The number of aromatic nitrogens is 1. The van der Waals surface area contributed by atoms with Crippen molar-refractivity contribution in [3.05, 3.63) is 54.6 Å². The van der Waals surface area contributed by atoms with Crippen LogP contribution < -0.4 is 5.32 Å². The standard InChI is InChI=1S/C24H23N3O2/c1-2-7-23(28)27-13-6-10-19(16-27)24(29)25-20-11-5-9-17(14-20)22-15-18-8-3-4-12-21(18)26-22/h3-5,8-9,11-12,14-15,19,26H,6,10,13,16H2,1H3,(H,25,29)/t19-/m1/s1. The average molecular weight is 385 g/mol. The molecule has 0 unspecified atom stereocenters. The van der Waals surface area contributed by atoms with Crippen LogP contribution in [0.4, 0.5) is 5.69 Å². The molecule has 1 aliphatic heterocycles. The second kappa shape index (κ2) is 8.24. The summed E-state index contributed by atoms with van der Waals surface area (Å²) in [5, 5.41) is 4.17. The normalized spacial score (nSPS) is 16.2. The molecule has 4 rings (SSSR count). The van der Waals surface area contributed by atoms with Crippen molar-refractivity contribution >= 4 is 28.4 Å². The lowest BCUT2D eigenvalue weighted by Gasteiger charge is -2.30. The number of carbonyl (C=O) groups excluding carboxylic acids is 2. The van der Waals surface area contributed by atoms with E-state index in [0.29, 0.717) is 13.1 Å². The molecule has 0 radical (unpaired) electrons. The predicted octanol–water partition coefficient (Wildman–Crippen LogP) is 4.04. The zero-order valence-corrected chi connectivity index (χ0v) is 16.4. The van der Waals surface area contributed by atoms with Crippen LogP contribution in [0.15, 0.2) is 54.6 Å². The third-order valence-electron chi connectivity index (χ3n) is 5.28. The van der Waals surface area contributed by atoms with Crippen LogP contribution >= 0.6 is 0 Å². The lowest BCUT2D eigenvalue weighted by Crippen LogP contribution is -2.43. The van der Waals surface area contributed by atoms with E-state index < -0.39 is 0 Å². The number of nitrogens with one attached hydrogen (secondary N) is 2. The predicted molar refractivity (Wildman–Crippen MR) is 115 cm³/mol. The topological polar surface area (TPSA) is 65.2 Å². The molecule has 5 heteroatoms. The number of benzene rings is 2. The van der Waals surface area contributed by atoms with Crippen LogP contribution in [0.2, 0.25) is 0 Å². The van der Waals surface area contributed by atoms with Crippen LogP contribution in [-0.2, 0) is 9.59 Å². The van der Waals surface area contributed by atoms with Crippen molar-refractivity contribution in [2.24, 2.45) is 5.92 Å². The Morgan fingerprint density at radius 3 is 2.83 bits per heavy atom. The lowest BCUT2D eigenvalue weighted by molar-refractivity contribution is -0.129. The maximum absolute atomic E-state index is 12.8. The van der Waals surface area contributed by atoms with Crippen molar-refractivity contribution in [3.63, 3.8) is 0 Å². The SMILES string of the molecule is CC#CC(=O)N1CCC[C@@H](C(=O)Nc2cccc(-c3cc4ccccc4[nH]3)c2)C1. The first-order valence-corrected chi connectivity index (χ1v) is 9.85. The van der Waals surface area contributed by atoms with Crippen molar-refractivity contribution in [3.8, 4) is 23.1 Å². The molecule has 0 bridgehead atoms. The average Bonchev–Trinajstić information content (AvgIpc) is 3.19.